The first kappa shape index (κ1) is 18.8. The van der Waals surface area contributed by atoms with Gasteiger partial charge in [-0.3, -0.25) is 9.88 Å². The zero-order chi connectivity index (χ0) is 18.4. The molecule has 1 aromatic heterocycles. The Morgan fingerprint density at radius 1 is 1.08 bits per heavy atom. The fourth-order valence-corrected chi connectivity index (χ4v) is 4.25. The normalized spacial score (nSPS) is 17.7. The van der Waals surface area contributed by atoms with Crippen molar-refractivity contribution in [3.63, 3.8) is 0 Å². The van der Waals surface area contributed by atoms with E-state index in [1.165, 1.54) is 10.5 Å². The van der Waals surface area contributed by atoms with Crippen LogP contribution in [0.4, 0.5) is 0 Å². The second-order valence-corrected chi connectivity index (χ2v) is 8.11. The Morgan fingerprint density at radius 2 is 1.81 bits per heavy atom. The van der Waals surface area contributed by atoms with Crippen LogP contribution in [0.1, 0.15) is 0 Å². The number of para-hydroxylation sites is 1. The number of aromatic nitrogens is 1. The lowest BCUT2D eigenvalue weighted by Crippen LogP contribution is -2.50. The maximum absolute atomic E-state index is 12.6. The molecule has 8 heteroatoms. The number of β-amino-alcohol motifs (C(OH)–C–C–N with tert-alkyl or cyclic N) is 1. The average Bonchev–Trinajstić information content (AvgIpc) is 2.68. The van der Waals surface area contributed by atoms with Crippen LogP contribution in [-0.2, 0) is 10.0 Å². The number of sulfonamides is 1. The minimum Gasteiger partial charge on any atom is -0.491 e. The topological polar surface area (TPSA) is 83.0 Å². The molecule has 1 aromatic carbocycles. The molecule has 0 saturated carbocycles. The van der Waals surface area contributed by atoms with E-state index in [1.54, 1.807) is 18.3 Å². The first-order chi connectivity index (χ1) is 12.6. The molecule has 1 unspecified atom stereocenters. The lowest BCUT2D eigenvalue weighted by Gasteiger charge is -2.34. The average molecular weight is 377 g/mol. The van der Waals surface area contributed by atoms with E-state index < -0.39 is 16.1 Å². The molecular weight excluding hydrogens is 354 g/mol. The summed E-state index contributed by atoms with van der Waals surface area (Å²) < 4.78 is 32.2. The van der Waals surface area contributed by atoms with Gasteiger partial charge in [-0.15, -0.1) is 0 Å². The van der Waals surface area contributed by atoms with Gasteiger partial charge in [-0.1, -0.05) is 18.2 Å². The Balaban J connectivity index is 1.46. The van der Waals surface area contributed by atoms with Crippen LogP contribution < -0.4 is 4.74 Å². The van der Waals surface area contributed by atoms with Crippen LogP contribution >= 0.6 is 0 Å². The molecule has 26 heavy (non-hydrogen) atoms. The van der Waals surface area contributed by atoms with Crippen molar-refractivity contribution < 1.29 is 18.3 Å². The monoisotopic (exact) mass is 377 g/mol. The van der Waals surface area contributed by atoms with E-state index in [4.69, 9.17) is 4.74 Å². The summed E-state index contributed by atoms with van der Waals surface area (Å²) in [6.45, 7) is 2.59. The van der Waals surface area contributed by atoms with E-state index in [9.17, 15) is 13.5 Å². The van der Waals surface area contributed by atoms with Crippen molar-refractivity contribution in [2.24, 2.45) is 0 Å². The zero-order valence-electron chi connectivity index (χ0n) is 14.4. The lowest BCUT2D eigenvalue weighted by atomic mass is 10.3. The Kier molecular flexibility index (Phi) is 6.20. The highest BCUT2D eigenvalue weighted by molar-refractivity contribution is 7.89. The molecule has 1 fully saturated rings. The molecular formula is C18H23N3O4S. The van der Waals surface area contributed by atoms with E-state index >= 15 is 0 Å². The summed E-state index contributed by atoms with van der Waals surface area (Å²) in [6, 6.07) is 12.5. The number of aliphatic hydroxyl groups excluding tert-OH is 1. The minimum atomic E-state index is -3.50. The second-order valence-electron chi connectivity index (χ2n) is 6.17. The number of piperazine rings is 1. The van der Waals surface area contributed by atoms with Gasteiger partial charge in [0.25, 0.3) is 0 Å². The van der Waals surface area contributed by atoms with Gasteiger partial charge in [0.1, 0.15) is 23.4 Å². The Morgan fingerprint density at radius 3 is 2.46 bits per heavy atom. The van der Waals surface area contributed by atoms with E-state index in [-0.39, 0.29) is 11.5 Å². The number of ether oxygens (including phenoxy) is 1. The van der Waals surface area contributed by atoms with Crippen molar-refractivity contribution in [1.29, 1.82) is 0 Å². The van der Waals surface area contributed by atoms with Crippen LogP contribution in [0.2, 0.25) is 0 Å². The summed E-state index contributed by atoms with van der Waals surface area (Å²) in [6.07, 6.45) is 2.29. The van der Waals surface area contributed by atoms with Crippen molar-refractivity contribution in [3.8, 4) is 5.75 Å². The van der Waals surface area contributed by atoms with Gasteiger partial charge in [0.2, 0.25) is 10.0 Å². The number of pyridine rings is 1. The maximum Gasteiger partial charge on any atom is 0.244 e. The molecule has 0 amide bonds. The van der Waals surface area contributed by atoms with Crippen LogP contribution in [0.15, 0.2) is 59.8 Å². The van der Waals surface area contributed by atoms with Crippen LogP contribution in [0, 0.1) is 0 Å². The van der Waals surface area contributed by atoms with Gasteiger partial charge in [0, 0.05) is 45.1 Å². The summed E-state index contributed by atoms with van der Waals surface area (Å²) >= 11 is 0. The van der Waals surface area contributed by atoms with Gasteiger partial charge in [0.15, 0.2) is 0 Å². The first-order valence-electron chi connectivity index (χ1n) is 8.54. The highest BCUT2D eigenvalue weighted by atomic mass is 32.2. The molecule has 140 valence electrons. The maximum atomic E-state index is 12.6. The quantitative estimate of drug-likeness (QED) is 0.770. The van der Waals surface area contributed by atoms with Crippen molar-refractivity contribution >= 4 is 10.0 Å². The SMILES string of the molecule is O=S(=O)(c1cccnc1)N1CCN(CC(O)COc2ccccc2)CC1. The minimum absolute atomic E-state index is 0.207. The van der Waals surface area contributed by atoms with Crippen molar-refractivity contribution in [3.05, 3.63) is 54.9 Å². The molecule has 0 spiro atoms. The molecule has 7 nitrogen and oxygen atoms in total. The van der Waals surface area contributed by atoms with E-state index in [1.807, 2.05) is 35.2 Å². The molecule has 2 aromatic rings. The molecule has 1 saturated heterocycles. The zero-order valence-corrected chi connectivity index (χ0v) is 15.3. The number of hydrogen-bond donors (Lipinski definition) is 1. The lowest BCUT2D eigenvalue weighted by molar-refractivity contribution is 0.0569. The van der Waals surface area contributed by atoms with Gasteiger partial charge < -0.3 is 9.84 Å². The predicted octanol–water partition coefficient (Wildman–Crippen LogP) is 0.828. The summed E-state index contributed by atoms with van der Waals surface area (Å²) in [5.74, 6) is 0.721. The molecule has 0 bridgehead atoms. The highest BCUT2D eigenvalue weighted by Crippen LogP contribution is 2.16. The fourth-order valence-electron chi connectivity index (χ4n) is 2.86. The van der Waals surface area contributed by atoms with Gasteiger partial charge in [-0.25, -0.2) is 8.42 Å². The van der Waals surface area contributed by atoms with Crippen LogP contribution in [0.3, 0.4) is 0 Å². The number of hydrogen-bond acceptors (Lipinski definition) is 6. The van der Waals surface area contributed by atoms with Gasteiger partial charge >= 0.3 is 0 Å². The molecule has 2 heterocycles. The third-order valence-electron chi connectivity index (χ3n) is 4.26. The van der Waals surface area contributed by atoms with Crippen molar-refractivity contribution in [2.45, 2.75) is 11.0 Å². The molecule has 0 aliphatic carbocycles. The van der Waals surface area contributed by atoms with Crippen LogP contribution in [0.5, 0.6) is 5.75 Å². The summed E-state index contributed by atoms with van der Waals surface area (Å²) in [7, 11) is -3.50. The van der Waals surface area contributed by atoms with Gasteiger partial charge in [0.05, 0.1) is 0 Å². The van der Waals surface area contributed by atoms with Gasteiger partial charge in [-0.2, -0.15) is 4.31 Å². The summed E-state index contributed by atoms with van der Waals surface area (Å²) in [5.41, 5.74) is 0. The Bertz CT molecular complexity index is 779. The van der Waals surface area contributed by atoms with Crippen molar-refractivity contribution in [2.75, 3.05) is 39.3 Å². The summed E-state index contributed by atoms with van der Waals surface area (Å²) in [5, 5.41) is 10.2. The molecule has 1 atom stereocenters. The van der Waals surface area contributed by atoms with Crippen molar-refractivity contribution in [1.82, 2.24) is 14.2 Å². The fraction of sp³-hybridized carbons (Fsp3) is 0.389. The molecule has 1 N–H and O–H groups in total. The highest BCUT2D eigenvalue weighted by Gasteiger charge is 2.29. The first-order valence-corrected chi connectivity index (χ1v) is 9.98. The molecule has 1 aliphatic heterocycles. The predicted molar refractivity (Wildman–Crippen MR) is 97.4 cm³/mol. The van der Waals surface area contributed by atoms with Crippen LogP contribution in [-0.4, -0.2) is 73.1 Å². The Labute approximate surface area is 153 Å². The third kappa shape index (κ3) is 4.79. The number of benzene rings is 1. The molecule has 0 radical (unpaired) electrons. The second kappa shape index (κ2) is 8.59. The number of rotatable bonds is 7. The van der Waals surface area contributed by atoms with E-state index in [0.29, 0.717) is 32.7 Å². The molecule has 3 rings (SSSR count). The third-order valence-corrected chi connectivity index (χ3v) is 6.14. The standard InChI is InChI=1S/C18H23N3O4S/c22-16(15-25-17-5-2-1-3-6-17)14-20-9-11-21(12-10-20)26(23,24)18-7-4-8-19-13-18/h1-8,13,16,22H,9-12,14-15H2. The number of nitrogens with zero attached hydrogens (tertiary/aromatic N) is 3. The number of aliphatic hydroxyl groups is 1. The largest absolute Gasteiger partial charge is 0.491 e. The van der Waals surface area contributed by atoms with E-state index in [2.05, 4.69) is 4.98 Å². The summed E-state index contributed by atoms with van der Waals surface area (Å²) in [4.78, 5) is 6.14. The molecule has 1 aliphatic rings. The van der Waals surface area contributed by atoms with Gasteiger partial charge in [-0.05, 0) is 24.3 Å². The Hall–Kier alpha value is -2.00. The van der Waals surface area contributed by atoms with E-state index in [0.717, 1.165) is 5.75 Å². The van der Waals surface area contributed by atoms with Crippen LogP contribution in [0.25, 0.3) is 0 Å². The smallest absolute Gasteiger partial charge is 0.244 e.